The molecule has 0 aliphatic heterocycles. The van der Waals surface area contributed by atoms with Crippen molar-refractivity contribution in [2.24, 2.45) is 0 Å². The maximum absolute atomic E-state index is 13.0. The number of carboxylic acids is 1. The van der Waals surface area contributed by atoms with Gasteiger partial charge in [0.25, 0.3) is 0 Å². The Labute approximate surface area is 117 Å². The normalized spacial score (nSPS) is 10.3. The molecule has 2 aromatic carbocycles. The lowest BCUT2D eigenvalue weighted by atomic mass is 10.1. The Balaban J connectivity index is 2.19. The van der Waals surface area contributed by atoms with Gasteiger partial charge >= 0.3 is 5.97 Å². The van der Waals surface area contributed by atoms with Crippen LogP contribution in [0.1, 0.15) is 27.0 Å². The highest BCUT2D eigenvalue weighted by Crippen LogP contribution is 2.20. The molecule has 0 aromatic heterocycles. The van der Waals surface area contributed by atoms with Gasteiger partial charge < -0.3 is 10.4 Å². The smallest absolute Gasteiger partial charge is 0.336 e. The molecule has 0 bridgehead atoms. The quantitative estimate of drug-likeness (QED) is 0.891. The van der Waals surface area contributed by atoms with Gasteiger partial charge in [-0.15, -0.1) is 0 Å². The zero-order chi connectivity index (χ0) is 14.7. The Bertz CT molecular complexity index is 653. The number of nitrogens with one attached hydrogen (secondary N) is 1. The van der Waals surface area contributed by atoms with Crippen molar-refractivity contribution in [3.63, 3.8) is 0 Å². The van der Waals surface area contributed by atoms with Crippen molar-refractivity contribution in [3.05, 3.63) is 64.5 Å². The number of aromatic carboxylic acids is 1. The minimum Gasteiger partial charge on any atom is -0.478 e. The molecule has 20 heavy (non-hydrogen) atoms. The molecule has 2 aromatic rings. The van der Waals surface area contributed by atoms with Crippen LogP contribution in [-0.2, 0) is 6.54 Å². The van der Waals surface area contributed by atoms with Crippen molar-refractivity contribution in [2.75, 3.05) is 5.32 Å². The van der Waals surface area contributed by atoms with Crippen molar-refractivity contribution in [2.45, 2.75) is 20.4 Å². The summed E-state index contributed by atoms with van der Waals surface area (Å²) >= 11 is 0. The van der Waals surface area contributed by atoms with Crippen LogP contribution in [0.4, 0.5) is 10.1 Å². The van der Waals surface area contributed by atoms with Gasteiger partial charge in [-0.3, -0.25) is 0 Å². The van der Waals surface area contributed by atoms with E-state index in [1.807, 2.05) is 13.0 Å². The average molecular weight is 273 g/mol. The zero-order valence-electron chi connectivity index (χ0n) is 11.4. The van der Waals surface area contributed by atoms with Crippen molar-refractivity contribution >= 4 is 11.7 Å². The number of anilines is 1. The van der Waals surface area contributed by atoms with Crippen molar-refractivity contribution in [1.82, 2.24) is 0 Å². The van der Waals surface area contributed by atoms with Crippen LogP contribution in [0.3, 0.4) is 0 Å². The third-order valence-corrected chi connectivity index (χ3v) is 3.34. The van der Waals surface area contributed by atoms with Gasteiger partial charge in [0.05, 0.1) is 5.56 Å². The van der Waals surface area contributed by atoms with Gasteiger partial charge in [0.1, 0.15) is 5.82 Å². The molecule has 104 valence electrons. The van der Waals surface area contributed by atoms with Crippen LogP contribution in [0.15, 0.2) is 36.4 Å². The molecule has 0 aliphatic rings. The average Bonchev–Trinajstić information content (AvgIpc) is 2.39. The van der Waals surface area contributed by atoms with Gasteiger partial charge in [0, 0.05) is 12.2 Å². The van der Waals surface area contributed by atoms with E-state index in [0.717, 1.165) is 16.8 Å². The van der Waals surface area contributed by atoms with E-state index in [-0.39, 0.29) is 11.4 Å². The Morgan fingerprint density at radius 1 is 1.25 bits per heavy atom. The van der Waals surface area contributed by atoms with E-state index in [0.29, 0.717) is 12.1 Å². The fraction of sp³-hybridized carbons (Fsp3) is 0.188. The topological polar surface area (TPSA) is 49.3 Å². The Hall–Kier alpha value is -2.36. The van der Waals surface area contributed by atoms with Crippen LogP contribution in [0.2, 0.25) is 0 Å². The van der Waals surface area contributed by atoms with Crippen molar-refractivity contribution in [1.29, 1.82) is 0 Å². The summed E-state index contributed by atoms with van der Waals surface area (Å²) < 4.78 is 13.0. The van der Waals surface area contributed by atoms with E-state index in [1.54, 1.807) is 25.1 Å². The van der Waals surface area contributed by atoms with Crippen LogP contribution in [0.25, 0.3) is 0 Å². The Kier molecular flexibility index (Phi) is 4.03. The summed E-state index contributed by atoms with van der Waals surface area (Å²) in [6.45, 7) is 4.14. The summed E-state index contributed by atoms with van der Waals surface area (Å²) in [5.74, 6) is -1.19. The molecule has 4 heteroatoms. The summed E-state index contributed by atoms with van der Waals surface area (Å²) in [5.41, 5.74) is 3.59. The predicted octanol–water partition coefficient (Wildman–Crippen LogP) is 3.75. The molecule has 0 heterocycles. The molecule has 0 fully saturated rings. The van der Waals surface area contributed by atoms with E-state index >= 15 is 0 Å². The molecular weight excluding hydrogens is 257 g/mol. The molecule has 0 radical (unpaired) electrons. The zero-order valence-corrected chi connectivity index (χ0v) is 11.4. The van der Waals surface area contributed by atoms with E-state index in [2.05, 4.69) is 5.32 Å². The summed E-state index contributed by atoms with van der Waals surface area (Å²) in [4.78, 5) is 11.1. The number of hydrogen-bond acceptors (Lipinski definition) is 2. The van der Waals surface area contributed by atoms with E-state index in [9.17, 15) is 9.18 Å². The number of aryl methyl sites for hydroxylation is 1. The maximum atomic E-state index is 13.0. The molecule has 2 N–H and O–H groups in total. The largest absolute Gasteiger partial charge is 0.478 e. The maximum Gasteiger partial charge on any atom is 0.336 e. The fourth-order valence-electron chi connectivity index (χ4n) is 2.11. The van der Waals surface area contributed by atoms with Crippen molar-refractivity contribution < 1.29 is 14.3 Å². The summed E-state index contributed by atoms with van der Waals surface area (Å²) in [6, 6.07) is 9.75. The van der Waals surface area contributed by atoms with Gasteiger partial charge in [-0.25, -0.2) is 9.18 Å². The summed E-state index contributed by atoms with van der Waals surface area (Å²) in [5, 5.41) is 12.3. The molecule has 0 spiro atoms. The summed E-state index contributed by atoms with van der Waals surface area (Å²) in [7, 11) is 0. The minimum absolute atomic E-state index is 0.254. The molecular formula is C16H16FNO2. The molecule has 0 unspecified atom stereocenters. The van der Waals surface area contributed by atoms with Crippen LogP contribution < -0.4 is 5.32 Å². The first-order valence-corrected chi connectivity index (χ1v) is 6.31. The molecule has 0 aliphatic carbocycles. The van der Waals surface area contributed by atoms with E-state index < -0.39 is 5.97 Å². The first kappa shape index (κ1) is 14.1. The molecule has 0 saturated heterocycles. The van der Waals surface area contributed by atoms with Gasteiger partial charge in [-0.05, 0) is 54.8 Å². The van der Waals surface area contributed by atoms with Crippen LogP contribution >= 0.6 is 0 Å². The number of carboxylic acid groups (broad SMARTS) is 1. The van der Waals surface area contributed by atoms with Crippen LogP contribution in [-0.4, -0.2) is 11.1 Å². The first-order chi connectivity index (χ1) is 9.49. The van der Waals surface area contributed by atoms with E-state index in [1.165, 1.54) is 12.1 Å². The van der Waals surface area contributed by atoms with Gasteiger partial charge in [-0.1, -0.05) is 12.1 Å². The second-order valence-electron chi connectivity index (χ2n) is 4.71. The second-order valence-corrected chi connectivity index (χ2v) is 4.71. The molecule has 2 rings (SSSR count). The molecule has 0 atom stereocenters. The lowest BCUT2D eigenvalue weighted by molar-refractivity contribution is 0.0696. The lowest BCUT2D eigenvalue weighted by Gasteiger charge is -2.13. The van der Waals surface area contributed by atoms with Crippen LogP contribution in [0.5, 0.6) is 0 Å². The highest BCUT2D eigenvalue weighted by Gasteiger charge is 2.10. The fourth-order valence-corrected chi connectivity index (χ4v) is 2.11. The third kappa shape index (κ3) is 2.96. The number of rotatable bonds is 4. The number of hydrogen-bond donors (Lipinski definition) is 2. The number of halogens is 1. The number of benzene rings is 2. The summed E-state index contributed by atoms with van der Waals surface area (Å²) in [6.07, 6.45) is 0. The first-order valence-electron chi connectivity index (χ1n) is 6.31. The third-order valence-electron chi connectivity index (χ3n) is 3.34. The highest BCUT2D eigenvalue weighted by atomic mass is 19.1. The highest BCUT2D eigenvalue weighted by molar-refractivity contribution is 5.91. The number of carbonyl (C=O) groups is 1. The standard InChI is InChI=1S/C16H16FNO2/c1-10-8-13(17)7-6-12(10)9-18-15-5-3-4-14(11(15)2)16(19)20/h3-8,18H,9H2,1-2H3,(H,19,20). The Morgan fingerprint density at radius 2 is 2.00 bits per heavy atom. The SMILES string of the molecule is Cc1cc(F)ccc1CNc1cccc(C(=O)O)c1C. The van der Waals surface area contributed by atoms with Crippen LogP contribution in [0, 0.1) is 19.7 Å². The predicted molar refractivity (Wildman–Crippen MR) is 76.6 cm³/mol. The van der Waals surface area contributed by atoms with Gasteiger partial charge in [0.15, 0.2) is 0 Å². The molecule has 0 amide bonds. The monoisotopic (exact) mass is 273 g/mol. The van der Waals surface area contributed by atoms with Gasteiger partial charge in [0.2, 0.25) is 0 Å². The van der Waals surface area contributed by atoms with Gasteiger partial charge in [-0.2, -0.15) is 0 Å². The molecule has 0 saturated carbocycles. The van der Waals surface area contributed by atoms with E-state index in [4.69, 9.17) is 5.11 Å². The lowest BCUT2D eigenvalue weighted by Crippen LogP contribution is -2.06. The second kappa shape index (κ2) is 5.74. The Morgan fingerprint density at radius 3 is 2.65 bits per heavy atom. The molecule has 3 nitrogen and oxygen atoms in total. The minimum atomic E-state index is -0.941. The van der Waals surface area contributed by atoms with Crippen molar-refractivity contribution in [3.8, 4) is 0 Å².